The second kappa shape index (κ2) is 4.32. The summed E-state index contributed by atoms with van der Waals surface area (Å²) in [4.78, 5) is 23.8. The third kappa shape index (κ3) is 2.48. The van der Waals surface area contributed by atoms with Crippen molar-refractivity contribution in [1.82, 2.24) is 4.98 Å². The Bertz CT molecular complexity index is 422. The Balaban J connectivity index is 3.30. The number of aromatic nitrogens is 1. The van der Waals surface area contributed by atoms with E-state index in [0.29, 0.717) is 0 Å². The van der Waals surface area contributed by atoms with Gasteiger partial charge in [-0.05, 0) is 22.0 Å². The molecule has 1 unspecified atom stereocenters. The van der Waals surface area contributed by atoms with Crippen molar-refractivity contribution in [3.05, 3.63) is 32.5 Å². The van der Waals surface area contributed by atoms with E-state index in [4.69, 9.17) is 5.11 Å². The van der Waals surface area contributed by atoms with Gasteiger partial charge in [0, 0.05) is 0 Å². The molecule has 0 saturated carbocycles. The van der Waals surface area contributed by atoms with Crippen molar-refractivity contribution < 1.29 is 19.9 Å². The number of aliphatic hydroxyl groups is 1. The third-order valence-electron chi connectivity index (χ3n) is 1.61. The molecule has 15 heavy (non-hydrogen) atoms. The van der Waals surface area contributed by atoms with Crippen molar-refractivity contribution in [2.24, 2.45) is 0 Å². The standard InChI is InChI=1S/C7H5BrN2O5/c8-5-1-3(6(11)7(12)13)4(2-9-5)10(14)15/h1-2,6,11H,(H,12,13). The van der Waals surface area contributed by atoms with Crippen molar-refractivity contribution in [3.63, 3.8) is 0 Å². The number of rotatable bonds is 3. The van der Waals surface area contributed by atoms with Crippen molar-refractivity contribution in [2.45, 2.75) is 6.10 Å². The lowest BCUT2D eigenvalue weighted by Crippen LogP contribution is -2.12. The molecule has 0 aliphatic carbocycles. The molecular formula is C7H5BrN2O5. The van der Waals surface area contributed by atoms with E-state index in [0.717, 1.165) is 12.3 Å². The summed E-state index contributed by atoms with van der Waals surface area (Å²) >= 11 is 2.93. The van der Waals surface area contributed by atoms with Gasteiger partial charge in [0.1, 0.15) is 10.8 Å². The monoisotopic (exact) mass is 276 g/mol. The molecule has 1 rings (SSSR count). The van der Waals surface area contributed by atoms with Gasteiger partial charge in [0.2, 0.25) is 0 Å². The van der Waals surface area contributed by atoms with Crippen LogP contribution in [0.15, 0.2) is 16.9 Å². The number of hydrogen-bond donors (Lipinski definition) is 2. The molecule has 2 N–H and O–H groups in total. The fourth-order valence-corrected chi connectivity index (χ4v) is 1.29. The highest BCUT2D eigenvalue weighted by Gasteiger charge is 2.26. The summed E-state index contributed by atoms with van der Waals surface area (Å²) in [5, 5.41) is 28.2. The number of carbonyl (C=O) groups is 1. The fourth-order valence-electron chi connectivity index (χ4n) is 0.941. The molecule has 1 heterocycles. The maximum absolute atomic E-state index is 10.5. The molecule has 0 aliphatic heterocycles. The predicted molar refractivity (Wildman–Crippen MR) is 51.2 cm³/mol. The molecule has 0 bridgehead atoms. The Hall–Kier alpha value is -1.54. The van der Waals surface area contributed by atoms with Gasteiger partial charge < -0.3 is 10.2 Å². The Kier molecular flexibility index (Phi) is 3.32. The SMILES string of the molecule is O=C(O)C(O)c1cc(Br)ncc1[N+](=O)[O-]. The summed E-state index contributed by atoms with van der Waals surface area (Å²) in [6.07, 6.45) is -1.06. The van der Waals surface area contributed by atoms with Crippen LogP contribution in [0, 0.1) is 10.1 Å². The van der Waals surface area contributed by atoms with Crippen LogP contribution in [0.4, 0.5) is 5.69 Å². The molecule has 1 aromatic heterocycles. The molecule has 0 radical (unpaired) electrons. The van der Waals surface area contributed by atoms with Gasteiger partial charge in [0.15, 0.2) is 6.10 Å². The van der Waals surface area contributed by atoms with Gasteiger partial charge in [0.05, 0.1) is 10.5 Å². The number of hydrogen-bond acceptors (Lipinski definition) is 5. The lowest BCUT2D eigenvalue weighted by Gasteiger charge is -2.06. The maximum atomic E-state index is 10.5. The molecule has 0 spiro atoms. The van der Waals surface area contributed by atoms with Crippen LogP contribution in [0.3, 0.4) is 0 Å². The first-order valence-electron chi connectivity index (χ1n) is 3.64. The molecule has 7 nitrogen and oxygen atoms in total. The average Bonchev–Trinajstić information content (AvgIpc) is 2.15. The Morgan fingerprint density at radius 3 is 2.73 bits per heavy atom. The van der Waals surface area contributed by atoms with Gasteiger partial charge in [-0.3, -0.25) is 10.1 Å². The Morgan fingerprint density at radius 1 is 1.67 bits per heavy atom. The van der Waals surface area contributed by atoms with Crippen LogP contribution in [-0.4, -0.2) is 26.1 Å². The van der Waals surface area contributed by atoms with Gasteiger partial charge in [-0.15, -0.1) is 0 Å². The number of carboxylic acid groups (broad SMARTS) is 1. The lowest BCUT2D eigenvalue weighted by atomic mass is 10.1. The van der Waals surface area contributed by atoms with Crippen molar-refractivity contribution >= 4 is 27.6 Å². The van der Waals surface area contributed by atoms with Gasteiger partial charge in [-0.2, -0.15) is 0 Å². The van der Waals surface area contributed by atoms with E-state index in [1.54, 1.807) is 0 Å². The Morgan fingerprint density at radius 2 is 2.27 bits per heavy atom. The summed E-state index contributed by atoms with van der Waals surface area (Å²) in [6, 6.07) is 1.09. The van der Waals surface area contributed by atoms with E-state index in [1.165, 1.54) is 0 Å². The van der Waals surface area contributed by atoms with Crippen LogP contribution in [0.2, 0.25) is 0 Å². The highest BCUT2D eigenvalue weighted by Crippen LogP contribution is 2.26. The van der Waals surface area contributed by atoms with Gasteiger partial charge in [-0.25, -0.2) is 9.78 Å². The van der Waals surface area contributed by atoms with E-state index in [9.17, 15) is 20.0 Å². The predicted octanol–water partition coefficient (Wildman–Crippen LogP) is 0.870. The average molecular weight is 277 g/mol. The Labute approximate surface area is 91.7 Å². The zero-order chi connectivity index (χ0) is 11.6. The van der Waals surface area contributed by atoms with Crippen LogP contribution in [0.1, 0.15) is 11.7 Å². The van der Waals surface area contributed by atoms with Crippen molar-refractivity contribution in [3.8, 4) is 0 Å². The molecule has 80 valence electrons. The summed E-state index contributed by atoms with van der Waals surface area (Å²) in [7, 11) is 0. The van der Waals surface area contributed by atoms with E-state index in [-0.39, 0.29) is 10.2 Å². The van der Waals surface area contributed by atoms with Crippen LogP contribution in [0.25, 0.3) is 0 Å². The summed E-state index contributed by atoms with van der Waals surface area (Å²) in [6.45, 7) is 0. The zero-order valence-electron chi connectivity index (χ0n) is 7.12. The lowest BCUT2D eigenvalue weighted by molar-refractivity contribution is -0.386. The molecule has 1 atom stereocenters. The van der Waals surface area contributed by atoms with Crippen molar-refractivity contribution in [1.29, 1.82) is 0 Å². The van der Waals surface area contributed by atoms with Gasteiger partial charge >= 0.3 is 5.97 Å². The number of nitro groups is 1. The second-order valence-corrected chi connectivity index (χ2v) is 3.38. The molecule has 0 amide bonds. The fraction of sp³-hybridized carbons (Fsp3) is 0.143. The molecular weight excluding hydrogens is 272 g/mol. The number of pyridine rings is 1. The van der Waals surface area contributed by atoms with Crippen LogP contribution in [0.5, 0.6) is 0 Å². The quantitative estimate of drug-likeness (QED) is 0.481. The minimum absolute atomic E-state index is 0.211. The van der Waals surface area contributed by atoms with Gasteiger partial charge in [0.25, 0.3) is 5.69 Å². The van der Waals surface area contributed by atoms with Crippen LogP contribution < -0.4 is 0 Å². The highest BCUT2D eigenvalue weighted by atomic mass is 79.9. The second-order valence-electron chi connectivity index (χ2n) is 2.56. The zero-order valence-corrected chi connectivity index (χ0v) is 8.71. The third-order valence-corrected chi connectivity index (χ3v) is 2.04. The number of aliphatic hydroxyl groups excluding tert-OH is 1. The first-order valence-corrected chi connectivity index (χ1v) is 4.43. The number of aliphatic carboxylic acids is 1. The maximum Gasteiger partial charge on any atom is 0.337 e. The van der Waals surface area contributed by atoms with Crippen molar-refractivity contribution in [2.75, 3.05) is 0 Å². The summed E-state index contributed by atoms with van der Waals surface area (Å²) < 4.78 is 0.211. The molecule has 0 aliphatic rings. The van der Waals surface area contributed by atoms with E-state index in [2.05, 4.69) is 20.9 Å². The molecule has 8 heteroatoms. The minimum Gasteiger partial charge on any atom is -0.479 e. The number of halogens is 1. The highest BCUT2D eigenvalue weighted by molar-refractivity contribution is 9.10. The largest absolute Gasteiger partial charge is 0.479 e. The first kappa shape index (κ1) is 11.5. The summed E-state index contributed by atoms with van der Waals surface area (Å²) in [5.74, 6) is -1.56. The topological polar surface area (TPSA) is 114 Å². The molecule has 0 aromatic carbocycles. The summed E-state index contributed by atoms with van der Waals surface area (Å²) in [5.41, 5.74) is -0.845. The van der Waals surface area contributed by atoms with E-state index in [1.807, 2.05) is 0 Å². The van der Waals surface area contributed by atoms with Crippen LogP contribution in [-0.2, 0) is 4.79 Å². The first-order chi connectivity index (χ1) is 6.93. The molecule has 1 aromatic rings. The van der Waals surface area contributed by atoms with Gasteiger partial charge in [-0.1, -0.05) is 0 Å². The molecule has 0 saturated heterocycles. The number of carboxylic acids is 1. The minimum atomic E-state index is -1.94. The van der Waals surface area contributed by atoms with E-state index < -0.39 is 22.7 Å². The smallest absolute Gasteiger partial charge is 0.337 e. The molecule has 0 fully saturated rings. The van der Waals surface area contributed by atoms with Crippen LogP contribution >= 0.6 is 15.9 Å². The normalized spacial score (nSPS) is 12.1. The number of nitrogens with zero attached hydrogens (tertiary/aromatic N) is 2. The van der Waals surface area contributed by atoms with E-state index >= 15 is 0 Å².